The van der Waals surface area contributed by atoms with E-state index in [9.17, 15) is 14.4 Å². The van der Waals surface area contributed by atoms with Crippen molar-refractivity contribution in [2.75, 3.05) is 25.5 Å². The monoisotopic (exact) mass is 373 g/mol. The van der Waals surface area contributed by atoms with Crippen molar-refractivity contribution in [1.29, 1.82) is 0 Å². The van der Waals surface area contributed by atoms with Crippen LogP contribution in [0.4, 0.5) is 5.69 Å². The van der Waals surface area contributed by atoms with Gasteiger partial charge in [-0.2, -0.15) is 0 Å². The van der Waals surface area contributed by atoms with Gasteiger partial charge in [-0.05, 0) is 18.6 Å². The highest BCUT2D eigenvalue weighted by molar-refractivity contribution is 6.39. The number of para-hydroxylation sites is 1. The molecule has 24 heavy (non-hydrogen) atoms. The van der Waals surface area contributed by atoms with E-state index < -0.39 is 5.91 Å². The molecule has 8 heteroatoms. The van der Waals surface area contributed by atoms with Crippen LogP contribution in [-0.4, -0.2) is 42.8 Å². The first-order chi connectivity index (χ1) is 11.3. The van der Waals surface area contributed by atoms with E-state index in [0.717, 1.165) is 0 Å². The Labute approximate surface area is 151 Å². The van der Waals surface area contributed by atoms with Crippen LogP contribution >= 0.6 is 23.2 Å². The second-order valence-electron chi connectivity index (χ2n) is 5.42. The standard InChI is InChI=1S/C16H21Cl2N3O3/c1-4-10(2)16(24)19-8-14(23)21(3)9-13(22)20-15-11(17)6-5-7-12(15)18/h5-7,10H,4,8-9H2,1-3H3,(H,19,24)(H,20,22). The molecule has 0 aliphatic heterocycles. The third-order valence-corrected chi connectivity index (χ3v) is 4.14. The first-order valence-corrected chi connectivity index (χ1v) is 8.27. The number of anilines is 1. The van der Waals surface area contributed by atoms with Gasteiger partial charge in [-0.25, -0.2) is 0 Å². The molecule has 0 aliphatic rings. The van der Waals surface area contributed by atoms with Crippen molar-refractivity contribution in [2.24, 2.45) is 5.92 Å². The van der Waals surface area contributed by atoms with Crippen molar-refractivity contribution in [1.82, 2.24) is 10.2 Å². The zero-order valence-electron chi connectivity index (χ0n) is 13.9. The Morgan fingerprint density at radius 1 is 1.21 bits per heavy atom. The first-order valence-electron chi connectivity index (χ1n) is 7.51. The highest BCUT2D eigenvalue weighted by Gasteiger charge is 2.17. The number of amides is 3. The molecule has 0 saturated heterocycles. The van der Waals surface area contributed by atoms with Crippen LogP contribution in [0.25, 0.3) is 0 Å². The van der Waals surface area contributed by atoms with Gasteiger partial charge < -0.3 is 15.5 Å². The molecule has 0 aliphatic carbocycles. The average molecular weight is 374 g/mol. The predicted molar refractivity (Wildman–Crippen MR) is 95.2 cm³/mol. The van der Waals surface area contributed by atoms with Gasteiger partial charge in [0.05, 0.1) is 28.8 Å². The fraction of sp³-hybridized carbons (Fsp3) is 0.438. The molecular weight excluding hydrogens is 353 g/mol. The number of hydrogen-bond acceptors (Lipinski definition) is 3. The summed E-state index contributed by atoms with van der Waals surface area (Å²) < 4.78 is 0. The van der Waals surface area contributed by atoms with Crippen LogP contribution in [0.5, 0.6) is 0 Å². The topological polar surface area (TPSA) is 78.5 Å². The van der Waals surface area contributed by atoms with E-state index in [1.807, 2.05) is 6.92 Å². The van der Waals surface area contributed by atoms with Crippen molar-refractivity contribution >= 4 is 46.6 Å². The maximum atomic E-state index is 12.0. The maximum absolute atomic E-state index is 12.0. The van der Waals surface area contributed by atoms with Gasteiger partial charge in [0.15, 0.2) is 0 Å². The summed E-state index contributed by atoms with van der Waals surface area (Å²) in [4.78, 5) is 36.8. The van der Waals surface area contributed by atoms with Gasteiger partial charge in [-0.3, -0.25) is 14.4 Å². The van der Waals surface area contributed by atoms with Crippen LogP contribution < -0.4 is 10.6 Å². The van der Waals surface area contributed by atoms with E-state index in [2.05, 4.69) is 10.6 Å². The Morgan fingerprint density at radius 2 is 1.79 bits per heavy atom. The summed E-state index contributed by atoms with van der Waals surface area (Å²) in [6.07, 6.45) is 0.691. The summed E-state index contributed by atoms with van der Waals surface area (Å²) in [5.74, 6) is -1.15. The number of nitrogens with one attached hydrogen (secondary N) is 2. The summed E-state index contributed by atoms with van der Waals surface area (Å²) in [5.41, 5.74) is 0.303. The Balaban J connectivity index is 2.51. The van der Waals surface area contributed by atoms with E-state index in [-0.39, 0.29) is 30.8 Å². The smallest absolute Gasteiger partial charge is 0.244 e. The molecule has 0 saturated carbocycles. The Bertz CT molecular complexity index is 602. The fourth-order valence-corrected chi connectivity index (χ4v) is 2.25. The van der Waals surface area contributed by atoms with Gasteiger partial charge in [-0.15, -0.1) is 0 Å². The minimum absolute atomic E-state index is 0.153. The highest BCUT2D eigenvalue weighted by atomic mass is 35.5. The lowest BCUT2D eigenvalue weighted by Gasteiger charge is -2.18. The van der Waals surface area contributed by atoms with Crippen molar-refractivity contribution in [3.63, 3.8) is 0 Å². The Hall–Kier alpha value is -1.79. The lowest BCUT2D eigenvalue weighted by Crippen LogP contribution is -2.42. The van der Waals surface area contributed by atoms with E-state index in [4.69, 9.17) is 23.2 Å². The van der Waals surface area contributed by atoms with Crippen LogP contribution in [0, 0.1) is 5.92 Å². The van der Waals surface area contributed by atoms with Crippen molar-refractivity contribution in [3.8, 4) is 0 Å². The number of carbonyl (C=O) groups excluding carboxylic acids is 3. The minimum Gasteiger partial charge on any atom is -0.347 e. The third-order valence-electron chi connectivity index (χ3n) is 3.51. The van der Waals surface area contributed by atoms with E-state index in [1.165, 1.54) is 11.9 Å². The molecule has 3 amide bonds. The summed E-state index contributed by atoms with van der Waals surface area (Å²) in [6.45, 7) is 3.34. The molecule has 1 atom stereocenters. The quantitative estimate of drug-likeness (QED) is 0.770. The van der Waals surface area contributed by atoms with Gasteiger partial charge in [0.25, 0.3) is 0 Å². The molecule has 0 heterocycles. The first kappa shape index (κ1) is 20.3. The van der Waals surface area contributed by atoms with E-state index in [0.29, 0.717) is 22.2 Å². The van der Waals surface area contributed by atoms with Gasteiger partial charge >= 0.3 is 0 Å². The predicted octanol–water partition coefficient (Wildman–Crippen LogP) is 2.55. The minimum atomic E-state index is -0.436. The number of benzene rings is 1. The summed E-state index contributed by atoms with van der Waals surface area (Å²) in [5, 5.41) is 5.75. The van der Waals surface area contributed by atoms with Gasteiger partial charge in [0.1, 0.15) is 0 Å². The number of likely N-dealkylation sites (N-methyl/N-ethyl adjacent to an activating group) is 1. The van der Waals surface area contributed by atoms with Gasteiger partial charge in [0.2, 0.25) is 17.7 Å². The van der Waals surface area contributed by atoms with E-state index >= 15 is 0 Å². The van der Waals surface area contributed by atoms with Crippen molar-refractivity contribution < 1.29 is 14.4 Å². The molecule has 0 radical (unpaired) electrons. The van der Waals surface area contributed by atoms with Crippen LogP contribution in [0.1, 0.15) is 20.3 Å². The lowest BCUT2D eigenvalue weighted by atomic mass is 10.1. The average Bonchev–Trinajstić information content (AvgIpc) is 2.54. The maximum Gasteiger partial charge on any atom is 0.244 e. The zero-order valence-corrected chi connectivity index (χ0v) is 15.4. The number of hydrogen-bond donors (Lipinski definition) is 2. The molecule has 1 unspecified atom stereocenters. The number of nitrogens with zero attached hydrogens (tertiary/aromatic N) is 1. The van der Waals surface area contributed by atoms with Crippen LogP contribution in [-0.2, 0) is 14.4 Å². The Kier molecular flexibility index (Phi) is 8.01. The summed E-state index contributed by atoms with van der Waals surface area (Å²) in [7, 11) is 1.48. The molecule has 6 nitrogen and oxygen atoms in total. The fourth-order valence-electron chi connectivity index (χ4n) is 1.76. The van der Waals surface area contributed by atoms with Gasteiger partial charge in [0, 0.05) is 13.0 Å². The number of carbonyl (C=O) groups is 3. The van der Waals surface area contributed by atoms with Gasteiger partial charge in [-0.1, -0.05) is 43.1 Å². The number of halogens is 2. The Morgan fingerprint density at radius 3 is 2.33 bits per heavy atom. The molecular formula is C16H21Cl2N3O3. The number of rotatable bonds is 7. The van der Waals surface area contributed by atoms with Crippen LogP contribution in [0.3, 0.4) is 0 Å². The molecule has 2 N–H and O–H groups in total. The summed E-state index contributed by atoms with van der Waals surface area (Å²) >= 11 is 11.9. The second kappa shape index (κ2) is 9.49. The van der Waals surface area contributed by atoms with E-state index in [1.54, 1.807) is 25.1 Å². The molecule has 1 aromatic carbocycles. The third kappa shape index (κ3) is 6.02. The normalized spacial score (nSPS) is 11.5. The SMILES string of the molecule is CCC(C)C(=O)NCC(=O)N(C)CC(=O)Nc1c(Cl)cccc1Cl. The highest BCUT2D eigenvalue weighted by Crippen LogP contribution is 2.29. The largest absolute Gasteiger partial charge is 0.347 e. The zero-order chi connectivity index (χ0) is 18.3. The molecule has 132 valence electrons. The molecule has 1 aromatic rings. The van der Waals surface area contributed by atoms with Crippen molar-refractivity contribution in [3.05, 3.63) is 28.2 Å². The molecule has 1 rings (SSSR count). The molecule has 0 spiro atoms. The van der Waals surface area contributed by atoms with Crippen LogP contribution in [0.15, 0.2) is 18.2 Å². The second-order valence-corrected chi connectivity index (χ2v) is 6.24. The lowest BCUT2D eigenvalue weighted by molar-refractivity contribution is -0.134. The van der Waals surface area contributed by atoms with Crippen LogP contribution in [0.2, 0.25) is 10.0 Å². The molecule has 0 aromatic heterocycles. The van der Waals surface area contributed by atoms with Crippen molar-refractivity contribution in [2.45, 2.75) is 20.3 Å². The molecule has 0 fully saturated rings. The summed E-state index contributed by atoms with van der Waals surface area (Å²) in [6, 6.07) is 4.86. The molecule has 0 bridgehead atoms.